The molecule has 3 rings (SSSR count). The Morgan fingerprint density at radius 1 is 1.10 bits per heavy atom. The molecule has 2 aromatic heterocycles. The summed E-state index contributed by atoms with van der Waals surface area (Å²) in [6, 6.07) is 3.58. The standard InChI is InChI=1S/C12H11N5O2S/c18-11(15-16-12(19)10-6-13-20-17-10)9-5-4-7-2-1-3-8(7)14-9/h4-6H,1-3H2,(H,15,18)(H,16,19). The average molecular weight is 289 g/mol. The van der Waals surface area contributed by atoms with Gasteiger partial charge in [-0.2, -0.15) is 8.75 Å². The number of amides is 2. The maximum Gasteiger partial charge on any atom is 0.291 e. The Labute approximate surface area is 118 Å². The van der Waals surface area contributed by atoms with Crippen molar-refractivity contribution in [3.8, 4) is 0 Å². The third kappa shape index (κ3) is 2.50. The maximum absolute atomic E-state index is 11.9. The number of fused-ring (bicyclic) bond motifs is 1. The number of aromatic nitrogens is 3. The van der Waals surface area contributed by atoms with E-state index in [-0.39, 0.29) is 5.69 Å². The number of nitrogens with one attached hydrogen (secondary N) is 2. The van der Waals surface area contributed by atoms with Gasteiger partial charge in [0.25, 0.3) is 11.8 Å². The van der Waals surface area contributed by atoms with E-state index >= 15 is 0 Å². The minimum atomic E-state index is -0.506. The summed E-state index contributed by atoms with van der Waals surface area (Å²) in [5.41, 5.74) is 7.21. The van der Waals surface area contributed by atoms with Gasteiger partial charge in [-0.1, -0.05) is 6.07 Å². The molecular weight excluding hydrogens is 278 g/mol. The van der Waals surface area contributed by atoms with Crippen LogP contribution in [0.3, 0.4) is 0 Å². The molecule has 1 aliphatic carbocycles. The Balaban J connectivity index is 1.63. The number of aryl methyl sites for hydroxylation is 2. The number of hydrogen-bond donors (Lipinski definition) is 2. The van der Waals surface area contributed by atoms with Crippen molar-refractivity contribution in [3.63, 3.8) is 0 Å². The Bertz CT molecular complexity index is 656. The van der Waals surface area contributed by atoms with Gasteiger partial charge < -0.3 is 0 Å². The predicted molar refractivity (Wildman–Crippen MR) is 71.1 cm³/mol. The summed E-state index contributed by atoms with van der Waals surface area (Å²) in [4.78, 5) is 27.8. The summed E-state index contributed by atoms with van der Waals surface area (Å²) in [5.74, 6) is -0.954. The van der Waals surface area contributed by atoms with Crippen LogP contribution in [0.15, 0.2) is 18.3 Å². The topological polar surface area (TPSA) is 96.9 Å². The van der Waals surface area contributed by atoms with Crippen LogP contribution in [0.25, 0.3) is 0 Å². The molecule has 0 aromatic carbocycles. The zero-order valence-corrected chi connectivity index (χ0v) is 11.2. The highest BCUT2D eigenvalue weighted by Crippen LogP contribution is 2.19. The fourth-order valence-electron chi connectivity index (χ4n) is 2.05. The molecule has 2 heterocycles. The van der Waals surface area contributed by atoms with Crippen LogP contribution in [-0.2, 0) is 12.8 Å². The molecule has 7 nitrogen and oxygen atoms in total. The Morgan fingerprint density at radius 3 is 2.65 bits per heavy atom. The molecular formula is C12H11N5O2S. The van der Waals surface area contributed by atoms with Gasteiger partial charge in [-0.25, -0.2) is 4.98 Å². The quantitative estimate of drug-likeness (QED) is 0.785. The van der Waals surface area contributed by atoms with E-state index in [1.165, 1.54) is 11.8 Å². The number of hydrazine groups is 1. The molecule has 0 aliphatic heterocycles. The maximum atomic E-state index is 11.9. The first kappa shape index (κ1) is 12.7. The van der Waals surface area contributed by atoms with E-state index in [0.29, 0.717) is 5.69 Å². The van der Waals surface area contributed by atoms with Crippen LogP contribution in [0.2, 0.25) is 0 Å². The Morgan fingerprint density at radius 2 is 1.90 bits per heavy atom. The first-order chi connectivity index (χ1) is 9.74. The number of hydrogen-bond acceptors (Lipinski definition) is 6. The van der Waals surface area contributed by atoms with Crippen LogP contribution in [0.1, 0.15) is 38.7 Å². The average Bonchev–Trinajstić information content (AvgIpc) is 3.13. The number of nitrogens with zero attached hydrogens (tertiary/aromatic N) is 3. The van der Waals surface area contributed by atoms with Gasteiger partial charge in [0.15, 0.2) is 5.69 Å². The summed E-state index contributed by atoms with van der Waals surface area (Å²) in [5, 5.41) is 0. The van der Waals surface area contributed by atoms with Gasteiger partial charge in [0.05, 0.1) is 17.9 Å². The predicted octanol–water partition coefficient (Wildman–Crippen LogP) is 0.497. The highest BCUT2D eigenvalue weighted by Gasteiger charge is 2.16. The molecule has 0 bridgehead atoms. The van der Waals surface area contributed by atoms with Crippen LogP contribution in [0, 0.1) is 0 Å². The van der Waals surface area contributed by atoms with Crippen molar-refractivity contribution in [2.45, 2.75) is 19.3 Å². The zero-order chi connectivity index (χ0) is 13.9. The summed E-state index contributed by atoms with van der Waals surface area (Å²) in [7, 11) is 0. The highest BCUT2D eigenvalue weighted by atomic mass is 32.1. The SMILES string of the molecule is O=C(NNC(=O)c1ccc2c(n1)CCC2)c1cnsn1. The molecule has 0 spiro atoms. The molecule has 0 fully saturated rings. The van der Waals surface area contributed by atoms with Crippen molar-refractivity contribution in [1.29, 1.82) is 0 Å². The van der Waals surface area contributed by atoms with E-state index in [0.717, 1.165) is 36.7 Å². The first-order valence-electron chi connectivity index (χ1n) is 6.11. The van der Waals surface area contributed by atoms with Crippen LogP contribution < -0.4 is 10.9 Å². The molecule has 0 radical (unpaired) electrons. The largest absolute Gasteiger partial charge is 0.291 e. The molecule has 2 N–H and O–H groups in total. The minimum Gasteiger partial charge on any atom is -0.266 e. The van der Waals surface area contributed by atoms with Crippen molar-refractivity contribution < 1.29 is 9.59 Å². The van der Waals surface area contributed by atoms with Crippen LogP contribution in [-0.4, -0.2) is 25.5 Å². The van der Waals surface area contributed by atoms with Gasteiger partial charge in [-0.15, -0.1) is 0 Å². The van der Waals surface area contributed by atoms with Crippen molar-refractivity contribution >= 4 is 23.5 Å². The molecule has 20 heavy (non-hydrogen) atoms. The third-order valence-corrected chi connectivity index (χ3v) is 3.52. The first-order valence-corrected chi connectivity index (χ1v) is 6.84. The summed E-state index contributed by atoms with van der Waals surface area (Å²) in [6.45, 7) is 0. The molecule has 0 saturated carbocycles. The van der Waals surface area contributed by atoms with E-state index in [1.54, 1.807) is 6.07 Å². The van der Waals surface area contributed by atoms with Gasteiger partial charge in [0.1, 0.15) is 5.69 Å². The molecule has 2 amide bonds. The molecule has 8 heteroatoms. The second-order valence-corrected chi connectivity index (χ2v) is 4.91. The molecule has 2 aromatic rings. The second-order valence-electron chi connectivity index (χ2n) is 4.36. The Hall–Kier alpha value is -2.35. The van der Waals surface area contributed by atoms with Gasteiger partial charge in [0, 0.05) is 5.69 Å². The number of carbonyl (C=O) groups excluding carboxylic acids is 2. The van der Waals surface area contributed by atoms with Crippen molar-refractivity contribution in [2.75, 3.05) is 0 Å². The fraction of sp³-hybridized carbons (Fsp3) is 0.250. The van der Waals surface area contributed by atoms with Crippen LogP contribution in [0.5, 0.6) is 0 Å². The molecule has 0 unspecified atom stereocenters. The molecule has 1 aliphatic rings. The zero-order valence-electron chi connectivity index (χ0n) is 10.4. The number of carbonyl (C=O) groups is 2. The van der Waals surface area contributed by atoms with Crippen molar-refractivity contribution in [1.82, 2.24) is 24.6 Å². The lowest BCUT2D eigenvalue weighted by Crippen LogP contribution is -2.42. The highest BCUT2D eigenvalue weighted by molar-refractivity contribution is 6.99. The van der Waals surface area contributed by atoms with E-state index in [4.69, 9.17) is 0 Å². The fourth-order valence-corrected chi connectivity index (χ4v) is 2.47. The third-order valence-electron chi connectivity index (χ3n) is 3.04. The number of pyridine rings is 1. The Kier molecular flexibility index (Phi) is 3.38. The molecule has 0 saturated heterocycles. The monoisotopic (exact) mass is 289 g/mol. The number of rotatable bonds is 2. The summed E-state index contributed by atoms with van der Waals surface area (Å²) < 4.78 is 7.48. The molecule has 102 valence electrons. The van der Waals surface area contributed by atoms with E-state index in [1.807, 2.05) is 6.07 Å². The second kappa shape index (κ2) is 5.33. The minimum absolute atomic E-state index is 0.164. The normalized spacial score (nSPS) is 12.8. The smallest absolute Gasteiger partial charge is 0.266 e. The molecule has 0 atom stereocenters. The van der Waals surface area contributed by atoms with Crippen molar-refractivity contribution in [2.24, 2.45) is 0 Å². The van der Waals surface area contributed by atoms with Gasteiger partial charge >= 0.3 is 0 Å². The summed E-state index contributed by atoms with van der Waals surface area (Å²) in [6.07, 6.45) is 4.31. The van der Waals surface area contributed by atoms with Crippen molar-refractivity contribution in [3.05, 3.63) is 41.0 Å². The van der Waals surface area contributed by atoms with E-state index < -0.39 is 11.8 Å². The lowest BCUT2D eigenvalue weighted by atomic mass is 10.2. The van der Waals surface area contributed by atoms with Gasteiger partial charge in [0.2, 0.25) is 0 Å². The van der Waals surface area contributed by atoms with Crippen LogP contribution >= 0.6 is 11.7 Å². The summed E-state index contributed by atoms with van der Waals surface area (Å²) >= 11 is 0.926. The van der Waals surface area contributed by atoms with E-state index in [2.05, 4.69) is 24.6 Å². The van der Waals surface area contributed by atoms with Gasteiger partial charge in [-0.05, 0) is 30.9 Å². The lowest BCUT2D eigenvalue weighted by molar-refractivity contribution is 0.0841. The van der Waals surface area contributed by atoms with Crippen LogP contribution in [0.4, 0.5) is 0 Å². The lowest BCUT2D eigenvalue weighted by Gasteiger charge is -2.06. The van der Waals surface area contributed by atoms with E-state index in [9.17, 15) is 9.59 Å². The van der Waals surface area contributed by atoms with Gasteiger partial charge in [-0.3, -0.25) is 20.4 Å².